The lowest BCUT2D eigenvalue weighted by molar-refractivity contribution is -0.133. The van der Waals surface area contributed by atoms with Gasteiger partial charge < -0.3 is 10.1 Å². The Balaban J connectivity index is 1.59. The molecule has 0 aromatic heterocycles. The maximum Gasteiger partial charge on any atom is 0.224 e. The van der Waals surface area contributed by atoms with E-state index in [-0.39, 0.29) is 28.2 Å². The fraction of sp³-hybridized carbons (Fsp3) is 0.792. The quantitative estimate of drug-likeness (QED) is 0.661. The van der Waals surface area contributed by atoms with Gasteiger partial charge in [0.15, 0.2) is 11.7 Å². The number of hydrogen-bond acceptors (Lipinski definition) is 3. The molecule has 1 heterocycles. The molecule has 6 atom stereocenters. The first kappa shape index (κ1) is 19.8. The Morgan fingerprint density at radius 2 is 1.93 bits per heavy atom. The summed E-state index contributed by atoms with van der Waals surface area (Å²) in [6.07, 6.45) is 9.34. The highest BCUT2D eigenvalue weighted by Crippen LogP contribution is 2.66. The van der Waals surface area contributed by atoms with Crippen LogP contribution >= 0.6 is 0 Å². The van der Waals surface area contributed by atoms with Crippen molar-refractivity contribution in [3.63, 3.8) is 0 Å². The molecule has 4 aliphatic rings. The number of hydrogen-bond donors (Lipinski definition) is 1. The van der Waals surface area contributed by atoms with E-state index < -0.39 is 0 Å². The lowest BCUT2D eigenvalue weighted by atomic mass is 9.49. The Hall–Kier alpha value is -1.54. The monoisotopic (exact) mass is 385 g/mol. The minimum absolute atomic E-state index is 0.0242. The predicted molar refractivity (Wildman–Crippen MR) is 109 cm³/mol. The van der Waals surface area contributed by atoms with E-state index in [1.807, 2.05) is 5.94 Å². The van der Waals surface area contributed by atoms with Crippen molar-refractivity contribution in [1.29, 1.82) is 0 Å². The predicted octanol–water partition coefficient (Wildman–Crippen LogP) is 4.78. The van der Waals surface area contributed by atoms with Gasteiger partial charge >= 0.3 is 0 Å². The molecule has 0 unspecified atom stereocenters. The molecule has 1 amide bonds. The van der Waals surface area contributed by atoms with Crippen molar-refractivity contribution in [2.75, 3.05) is 0 Å². The van der Waals surface area contributed by atoms with Crippen molar-refractivity contribution in [3.8, 4) is 0 Å². The zero-order valence-electron chi connectivity index (χ0n) is 18.1. The number of amides is 1. The van der Waals surface area contributed by atoms with Crippen LogP contribution < -0.4 is 5.32 Å². The molecule has 1 aliphatic heterocycles. The summed E-state index contributed by atoms with van der Waals surface area (Å²) in [4.78, 5) is 24.1. The lowest BCUT2D eigenvalue weighted by Gasteiger charge is -2.56. The largest absolute Gasteiger partial charge is 0.454 e. The molecule has 28 heavy (non-hydrogen) atoms. The highest BCUT2D eigenvalue weighted by atomic mass is 16.5. The van der Waals surface area contributed by atoms with Gasteiger partial charge in [0.2, 0.25) is 5.91 Å². The number of carbonyl (C=O) groups is 1. The van der Waals surface area contributed by atoms with Gasteiger partial charge in [-0.2, -0.15) is 0 Å². The molecule has 4 nitrogen and oxygen atoms in total. The van der Waals surface area contributed by atoms with Crippen LogP contribution in [0.25, 0.3) is 0 Å². The molecule has 4 heteroatoms. The van der Waals surface area contributed by atoms with Gasteiger partial charge in [-0.3, -0.25) is 4.79 Å². The first-order chi connectivity index (χ1) is 13.1. The maximum absolute atomic E-state index is 13.1. The number of carbonyl (C=O) groups excluding carboxylic acids is 2. The zero-order chi connectivity index (χ0) is 20.3. The molecule has 3 aliphatic carbocycles. The summed E-state index contributed by atoms with van der Waals surface area (Å²) in [5, 5.41) is 3.25. The summed E-state index contributed by atoms with van der Waals surface area (Å²) in [5.74, 6) is 5.60. The first-order valence-electron chi connectivity index (χ1n) is 11.0. The molecule has 0 aromatic rings. The van der Waals surface area contributed by atoms with Crippen LogP contribution in [0.1, 0.15) is 79.6 Å². The van der Waals surface area contributed by atoms with Gasteiger partial charge in [-0.25, -0.2) is 4.79 Å². The number of rotatable bonds is 1. The van der Waals surface area contributed by atoms with Crippen LogP contribution in [0, 0.1) is 34.5 Å². The van der Waals surface area contributed by atoms with Crippen LogP contribution in [0.5, 0.6) is 0 Å². The van der Waals surface area contributed by atoms with Gasteiger partial charge in [0.1, 0.15) is 5.76 Å². The van der Waals surface area contributed by atoms with E-state index >= 15 is 0 Å². The number of allylic oxidation sites excluding steroid dienone is 3. The van der Waals surface area contributed by atoms with Crippen LogP contribution in [0.4, 0.5) is 0 Å². The molecule has 4 rings (SSSR count). The van der Waals surface area contributed by atoms with E-state index in [0.717, 1.165) is 44.3 Å². The van der Waals surface area contributed by atoms with Crippen LogP contribution in [0.3, 0.4) is 0 Å². The minimum atomic E-state index is -0.179. The van der Waals surface area contributed by atoms with Crippen molar-refractivity contribution in [2.24, 2.45) is 34.5 Å². The smallest absolute Gasteiger partial charge is 0.224 e. The Labute approximate surface area is 169 Å². The number of ether oxygens (including phenoxy) is 1. The third-order valence-electron chi connectivity index (χ3n) is 8.43. The SMILES string of the molecule is CC(C)(C)NC(=O)[C@H]1CC[C@H]2[C@@H]3CC=C4OC(=C=O)CC[C@]4(C)[C@H]3CC[C@]12C. The van der Waals surface area contributed by atoms with Crippen molar-refractivity contribution >= 4 is 11.8 Å². The summed E-state index contributed by atoms with van der Waals surface area (Å²) < 4.78 is 5.93. The maximum atomic E-state index is 13.1. The molecule has 1 saturated heterocycles. The van der Waals surface area contributed by atoms with Gasteiger partial charge in [-0.15, -0.1) is 0 Å². The van der Waals surface area contributed by atoms with Gasteiger partial charge in [0.05, 0.1) is 0 Å². The van der Waals surface area contributed by atoms with Gasteiger partial charge in [-0.05, 0) is 88.5 Å². The second-order valence-electron chi connectivity index (χ2n) is 11.1. The van der Waals surface area contributed by atoms with Gasteiger partial charge in [-0.1, -0.05) is 13.8 Å². The number of fused-ring (bicyclic) bond motifs is 5. The van der Waals surface area contributed by atoms with Crippen molar-refractivity contribution in [3.05, 3.63) is 17.6 Å². The average molecular weight is 386 g/mol. The van der Waals surface area contributed by atoms with Crippen molar-refractivity contribution in [1.82, 2.24) is 5.32 Å². The Morgan fingerprint density at radius 1 is 1.18 bits per heavy atom. The van der Waals surface area contributed by atoms with E-state index in [2.05, 4.69) is 46.0 Å². The summed E-state index contributed by atoms with van der Waals surface area (Å²) in [6, 6.07) is 0. The van der Waals surface area contributed by atoms with E-state index in [4.69, 9.17) is 4.74 Å². The fourth-order valence-electron chi connectivity index (χ4n) is 7.05. The number of nitrogens with one attached hydrogen (secondary N) is 1. The summed E-state index contributed by atoms with van der Waals surface area (Å²) in [7, 11) is 0. The van der Waals surface area contributed by atoms with Crippen LogP contribution in [-0.4, -0.2) is 17.4 Å². The molecular weight excluding hydrogens is 350 g/mol. The van der Waals surface area contributed by atoms with Gasteiger partial charge in [0, 0.05) is 23.3 Å². The van der Waals surface area contributed by atoms with E-state index in [0.29, 0.717) is 29.9 Å². The van der Waals surface area contributed by atoms with E-state index in [1.54, 1.807) is 0 Å². The Kier molecular flexibility index (Phi) is 4.58. The molecule has 154 valence electrons. The van der Waals surface area contributed by atoms with Crippen molar-refractivity contribution in [2.45, 2.75) is 85.1 Å². The second kappa shape index (κ2) is 6.49. The molecular formula is C24H35NO3. The standard InChI is InChI=1S/C24H35NO3/c1-22(2,3)25-21(27)19-8-7-17-16-6-9-20-24(5,12-10-15(14-26)28-20)18(16)11-13-23(17,19)4/h9,16-19H,6-8,10-13H2,1-5H3,(H,25,27)/t16-,17-,18-,19+,23-,24+/m0/s1. The Morgan fingerprint density at radius 3 is 2.61 bits per heavy atom. The fourth-order valence-corrected chi connectivity index (χ4v) is 7.05. The third-order valence-corrected chi connectivity index (χ3v) is 8.43. The lowest BCUT2D eigenvalue weighted by Crippen LogP contribution is -2.53. The van der Waals surface area contributed by atoms with Crippen LogP contribution in [-0.2, 0) is 14.3 Å². The summed E-state index contributed by atoms with van der Waals surface area (Å²) >= 11 is 0. The summed E-state index contributed by atoms with van der Waals surface area (Å²) in [5.41, 5.74) is -0.0557. The van der Waals surface area contributed by atoms with Crippen LogP contribution in [0.2, 0.25) is 0 Å². The topological polar surface area (TPSA) is 55.4 Å². The normalized spacial score (nSPS) is 42.3. The third kappa shape index (κ3) is 2.96. The highest BCUT2D eigenvalue weighted by molar-refractivity contribution is 5.80. The molecule has 2 saturated carbocycles. The van der Waals surface area contributed by atoms with Gasteiger partial charge in [0.25, 0.3) is 0 Å². The molecule has 1 N–H and O–H groups in total. The molecule has 3 fully saturated rings. The molecule has 0 bridgehead atoms. The zero-order valence-corrected chi connectivity index (χ0v) is 18.1. The molecule has 0 spiro atoms. The minimum Gasteiger partial charge on any atom is -0.454 e. The highest BCUT2D eigenvalue weighted by Gasteiger charge is 2.60. The van der Waals surface area contributed by atoms with Crippen LogP contribution in [0.15, 0.2) is 17.6 Å². The Bertz CT molecular complexity index is 756. The van der Waals surface area contributed by atoms with E-state index in [1.165, 1.54) is 0 Å². The average Bonchev–Trinajstić information content (AvgIpc) is 2.97. The second-order valence-corrected chi connectivity index (χ2v) is 11.1. The van der Waals surface area contributed by atoms with Crippen molar-refractivity contribution < 1.29 is 14.3 Å². The molecule has 0 aromatic carbocycles. The molecule has 0 radical (unpaired) electrons. The first-order valence-corrected chi connectivity index (χ1v) is 11.0. The summed E-state index contributed by atoms with van der Waals surface area (Å²) in [6.45, 7) is 10.9. The van der Waals surface area contributed by atoms with E-state index in [9.17, 15) is 9.59 Å².